The number of rotatable bonds is 6. The first-order chi connectivity index (χ1) is 15.0. The average molecular weight is 454 g/mol. The largest absolute Gasteiger partial charge is 0.493 e. The third-order valence-electron chi connectivity index (χ3n) is 4.65. The monoisotopic (exact) mass is 453 g/mol. The number of nitrogens with zero attached hydrogens (tertiary/aromatic N) is 3. The number of ether oxygens (including phenoxy) is 1. The van der Waals surface area contributed by atoms with Crippen LogP contribution < -0.4 is 4.74 Å². The Labute approximate surface area is 188 Å². The average Bonchev–Trinajstić information content (AvgIpc) is 3.04. The summed E-state index contributed by atoms with van der Waals surface area (Å²) in [5, 5.41) is 20.2. The van der Waals surface area contributed by atoms with E-state index in [0.717, 1.165) is 11.1 Å². The first-order valence-corrected chi connectivity index (χ1v) is 10.2. The van der Waals surface area contributed by atoms with Crippen molar-refractivity contribution in [2.24, 2.45) is 10.2 Å². The van der Waals surface area contributed by atoms with Gasteiger partial charge < -0.3 is 14.4 Å². The molecule has 1 amide bonds. The predicted molar refractivity (Wildman–Crippen MR) is 121 cm³/mol. The van der Waals surface area contributed by atoms with Crippen molar-refractivity contribution in [3.63, 3.8) is 0 Å². The second kappa shape index (κ2) is 9.20. The fraction of sp³-hybridized carbons (Fsp3) is 0.0870. The molecule has 0 fully saturated rings. The Balaban J connectivity index is 1.59. The molecule has 0 atom stereocenters. The molecule has 1 N–H and O–H groups in total. The van der Waals surface area contributed by atoms with Gasteiger partial charge in [-0.05, 0) is 29.8 Å². The summed E-state index contributed by atoms with van der Waals surface area (Å²) in [6.07, 6.45) is 0. The van der Waals surface area contributed by atoms with Gasteiger partial charge in [0.1, 0.15) is 5.75 Å². The number of para-hydroxylation sites is 2. The van der Waals surface area contributed by atoms with Gasteiger partial charge in [0, 0.05) is 10.4 Å². The molecular weight excluding hydrogens is 437 g/mol. The van der Waals surface area contributed by atoms with Crippen LogP contribution in [0.2, 0.25) is 10.0 Å². The first-order valence-electron chi connectivity index (χ1n) is 9.40. The summed E-state index contributed by atoms with van der Waals surface area (Å²) in [6, 6.07) is 21.6. The Morgan fingerprint density at radius 2 is 1.61 bits per heavy atom. The SMILES string of the molecule is O=C(COc1ccccc1Cl)N=Nc1c(O)n(Cc2ccccc2Cl)c2ccccc12. The Kier molecular flexibility index (Phi) is 6.21. The van der Waals surface area contributed by atoms with Crippen LogP contribution in [0.3, 0.4) is 0 Å². The van der Waals surface area contributed by atoms with E-state index in [0.29, 0.717) is 27.7 Å². The fourth-order valence-electron chi connectivity index (χ4n) is 3.16. The molecule has 1 aromatic heterocycles. The molecule has 156 valence electrons. The molecule has 0 spiro atoms. The van der Waals surface area contributed by atoms with Gasteiger partial charge in [-0.1, -0.05) is 71.7 Å². The third-order valence-corrected chi connectivity index (χ3v) is 5.33. The number of amides is 1. The number of carbonyl (C=O) groups is 1. The van der Waals surface area contributed by atoms with E-state index in [-0.39, 0.29) is 18.2 Å². The van der Waals surface area contributed by atoms with Gasteiger partial charge in [-0.2, -0.15) is 0 Å². The summed E-state index contributed by atoms with van der Waals surface area (Å²) in [6.45, 7) is 0.0113. The molecule has 31 heavy (non-hydrogen) atoms. The zero-order valence-corrected chi connectivity index (χ0v) is 17.7. The maximum Gasteiger partial charge on any atom is 0.302 e. The minimum Gasteiger partial charge on any atom is -0.493 e. The number of carbonyl (C=O) groups excluding carboxylic acids is 1. The van der Waals surface area contributed by atoms with Crippen molar-refractivity contribution in [1.82, 2.24) is 4.57 Å². The van der Waals surface area contributed by atoms with Gasteiger partial charge in [0.25, 0.3) is 0 Å². The van der Waals surface area contributed by atoms with E-state index < -0.39 is 5.91 Å². The molecule has 0 unspecified atom stereocenters. The van der Waals surface area contributed by atoms with Crippen LogP contribution in [0.5, 0.6) is 11.6 Å². The van der Waals surface area contributed by atoms with Crippen LogP contribution >= 0.6 is 23.2 Å². The number of hydrogen-bond acceptors (Lipinski definition) is 4. The number of aromatic hydroxyl groups is 1. The zero-order chi connectivity index (χ0) is 21.8. The lowest BCUT2D eigenvalue weighted by atomic mass is 10.2. The number of halogens is 2. The normalized spacial score (nSPS) is 11.3. The van der Waals surface area contributed by atoms with Crippen molar-refractivity contribution in [1.29, 1.82) is 0 Å². The lowest BCUT2D eigenvalue weighted by Gasteiger charge is -2.08. The Hall–Kier alpha value is -3.35. The van der Waals surface area contributed by atoms with Crippen LogP contribution in [-0.2, 0) is 11.3 Å². The van der Waals surface area contributed by atoms with Crippen LogP contribution in [0, 0.1) is 0 Å². The highest BCUT2D eigenvalue weighted by molar-refractivity contribution is 6.32. The molecule has 3 aromatic carbocycles. The standard InChI is InChI=1S/C23H17Cl2N3O3/c24-17-9-3-1-7-15(17)13-28-19-11-5-2-8-16(19)22(23(28)30)27-26-21(29)14-31-20-12-6-4-10-18(20)25/h1-12,30H,13-14H2. The predicted octanol–water partition coefficient (Wildman–Crippen LogP) is 6.39. The molecule has 6 nitrogen and oxygen atoms in total. The maximum atomic E-state index is 12.2. The molecule has 0 saturated heterocycles. The highest BCUT2D eigenvalue weighted by atomic mass is 35.5. The third kappa shape index (κ3) is 4.55. The molecule has 0 aliphatic carbocycles. The van der Waals surface area contributed by atoms with Crippen LogP contribution in [0.15, 0.2) is 83.0 Å². The van der Waals surface area contributed by atoms with E-state index in [1.807, 2.05) is 36.4 Å². The molecule has 0 bridgehead atoms. The van der Waals surface area contributed by atoms with Crippen LogP contribution in [0.4, 0.5) is 5.69 Å². The van der Waals surface area contributed by atoms with Gasteiger partial charge in [0.2, 0.25) is 5.88 Å². The second-order valence-electron chi connectivity index (χ2n) is 6.68. The summed E-state index contributed by atoms with van der Waals surface area (Å²) >= 11 is 12.3. The fourth-order valence-corrected chi connectivity index (χ4v) is 3.55. The lowest BCUT2D eigenvalue weighted by molar-refractivity contribution is -0.120. The molecule has 0 aliphatic rings. The maximum absolute atomic E-state index is 12.2. The molecular formula is C23H17Cl2N3O3. The summed E-state index contributed by atoms with van der Waals surface area (Å²) in [5.74, 6) is -0.334. The van der Waals surface area contributed by atoms with Crippen molar-refractivity contribution in [3.05, 3.63) is 88.4 Å². The minimum absolute atomic E-state index is 0.107. The number of azo groups is 1. The Morgan fingerprint density at radius 1 is 0.935 bits per heavy atom. The molecule has 8 heteroatoms. The summed E-state index contributed by atoms with van der Waals surface area (Å²) < 4.78 is 7.06. The van der Waals surface area contributed by atoms with Gasteiger partial charge in [-0.25, -0.2) is 0 Å². The van der Waals surface area contributed by atoms with E-state index in [2.05, 4.69) is 10.2 Å². The molecule has 4 rings (SSSR count). The van der Waals surface area contributed by atoms with Crippen LogP contribution in [0.1, 0.15) is 5.56 Å². The first kappa shape index (κ1) is 20.9. The molecule has 4 aromatic rings. The summed E-state index contributed by atoms with van der Waals surface area (Å²) in [5.41, 5.74) is 1.79. The van der Waals surface area contributed by atoms with Crippen LogP contribution in [0.25, 0.3) is 10.9 Å². The zero-order valence-electron chi connectivity index (χ0n) is 16.2. The van der Waals surface area contributed by atoms with Gasteiger partial charge >= 0.3 is 5.91 Å². The van der Waals surface area contributed by atoms with E-state index in [1.165, 1.54) is 0 Å². The number of hydrogen-bond donors (Lipinski definition) is 1. The van der Waals surface area contributed by atoms with E-state index in [1.54, 1.807) is 41.0 Å². The van der Waals surface area contributed by atoms with Crippen molar-refractivity contribution in [2.45, 2.75) is 6.54 Å². The second-order valence-corrected chi connectivity index (χ2v) is 7.49. The van der Waals surface area contributed by atoms with E-state index >= 15 is 0 Å². The van der Waals surface area contributed by atoms with E-state index in [9.17, 15) is 9.90 Å². The van der Waals surface area contributed by atoms with Gasteiger partial charge in [-0.3, -0.25) is 4.79 Å². The molecule has 0 saturated carbocycles. The van der Waals surface area contributed by atoms with Crippen LogP contribution in [-0.4, -0.2) is 22.2 Å². The van der Waals surface area contributed by atoms with Crippen molar-refractivity contribution >= 4 is 45.7 Å². The Bertz CT molecular complexity index is 1280. The topological polar surface area (TPSA) is 76.2 Å². The number of fused-ring (bicyclic) bond motifs is 1. The minimum atomic E-state index is -0.609. The van der Waals surface area contributed by atoms with Gasteiger partial charge in [0.15, 0.2) is 12.3 Å². The summed E-state index contributed by atoms with van der Waals surface area (Å²) in [7, 11) is 0. The highest BCUT2D eigenvalue weighted by Gasteiger charge is 2.17. The molecule has 1 heterocycles. The number of aromatic nitrogens is 1. The summed E-state index contributed by atoms with van der Waals surface area (Å²) in [4.78, 5) is 12.2. The van der Waals surface area contributed by atoms with Crippen molar-refractivity contribution in [3.8, 4) is 11.6 Å². The molecule has 0 aliphatic heterocycles. The smallest absolute Gasteiger partial charge is 0.302 e. The molecule has 0 radical (unpaired) electrons. The lowest BCUT2D eigenvalue weighted by Crippen LogP contribution is -2.08. The van der Waals surface area contributed by atoms with Crippen molar-refractivity contribution < 1.29 is 14.6 Å². The van der Waals surface area contributed by atoms with Gasteiger partial charge in [-0.15, -0.1) is 10.2 Å². The highest BCUT2D eigenvalue weighted by Crippen LogP contribution is 2.39. The quantitative estimate of drug-likeness (QED) is 0.343. The van der Waals surface area contributed by atoms with Crippen molar-refractivity contribution in [2.75, 3.05) is 6.61 Å². The van der Waals surface area contributed by atoms with Gasteiger partial charge in [0.05, 0.1) is 17.1 Å². The Morgan fingerprint density at radius 3 is 2.39 bits per heavy atom. The number of benzene rings is 3. The van der Waals surface area contributed by atoms with E-state index in [4.69, 9.17) is 27.9 Å².